The number of urea groups is 1. The topological polar surface area (TPSA) is 98.7 Å². The van der Waals surface area contributed by atoms with Gasteiger partial charge in [0.2, 0.25) is 5.91 Å². The molecule has 0 spiro atoms. The van der Waals surface area contributed by atoms with Crippen molar-refractivity contribution in [3.8, 4) is 0 Å². The monoisotopic (exact) mass is 271 g/mol. The third-order valence-corrected chi connectivity index (χ3v) is 2.96. The standard InChI is InChI=1S/C12H21N3O4/c1-7(2)13-12(19)15-6-4-5-9(15)10(16)14-8(3)11(17)18/h7-9H,4-6H2,1-3H3,(H,13,19)(H,14,16)(H,17,18)/t8-,9+/m1/s1. The molecular weight excluding hydrogens is 250 g/mol. The Kier molecular flexibility index (Phi) is 5.14. The maximum atomic E-state index is 12.0. The highest BCUT2D eigenvalue weighted by molar-refractivity contribution is 5.90. The molecule has 0 saturated carbocycles. The smallest absolute Gasteiger partial charge is 0.325 e. The number of likely N-dealkylation sites (tertiary alicyclic amines) is 1. The van der Waals surface area contributed by atoms with Crippen molar-refractivity contribution in [2.45, 2.75) is 51.7 Å². The van der Waals surface area contributed by atoms with Gasteiger partial charge in [0.1, 0.15) is 12.1 Å². The summed E-state index contributed by atoms with van der Waals surface area (Å²) in [4.78, 5) is 36.0. The first kappa shape index (κ1) is 15.3. The molecule has 3 amide bonds. The number of aliphatic carboxylic acids is 1. The number of nitrogens with one attached hydrogen (secondary N) is 2. The van der Waals surface area contributed by atoms with Crippen LogP contribution in [0.4, 0.5) is 4.79 Å². The van der Waals surface area contributed by atoms with Crippen molar-refractivity contribution >= 4 is 17.9 Å². The van der Waals surface area contributed by atoms with Crippen LogP contribution in [0.25, 0.3) is 0 Å². The predicted molar refractivity (Wildman–Crippen MR) is 68.6 cm³/mol. The molecule has 1 fully saturated rings. The minimum atomic E-state index is -1.09. The molecule has 0 aromatic carbocycles. The summed E-state index contributed by atoms with van der Waals surface area (Å²) in [7, 11) is 0. The van der Waals surface area contributed by atoms with E-state index in [0.717, 1.165) is 6.42 Å². The maximum absolute atomic E-state index is 12.0. The lowest BCUT2D eigenvalue weighted by Crippen LogP contribution is -2.53. The Morgan fingerprint density at radius 3 is 2.37 bits per heavy atom. The number of hydrogen-bond donors (Lipinski definition) is 3. The van der Waals surface area contributed by atoms with Gasteiger partial charge in [0, 0.05) is 12.6 Å². The molecule has 1 aliphatic heterocycles. The van der Waals surface area contributed by atoms with Crippen LogP contribution in [-0.4, -0.2) is 52.6 Å². The summed E-state index contributed by atoms with van der Waals surface area (Å²) in [6.07, 6.45) is 1.30. The molecule has 0 aromatic rings. The Morgan fingerprint density at radius 2 is 1.84 bits per heavy atom. The van der Waals surface area contributed by atoms with E-state index in [4.69, 9.17) is 5.11 Å². The second-order valence-corrected chi connectivity index (χ2v) is 5.02. The van der Waals surface area contributed by atoms with Crippen molar-refractivity contribution in [2.75, 3.05) is 6.54 Å². The lowest BCUT2D eigenvalue weighted by Gasteiger charge is -2.25. The van der Waals surface area contributed by atoms with Gasteiger partial charge in [0.25, 0.3) is 0 Å². The highest BCUT2D eigenvalue weighted by Gasteiger charge is 2.35. The lowest BCUT2D eigenvalue weighted by atomic mass is 10.2. The summed E-state index contributed by atoms with van der Waals surface area (Å²) in [5.41, 5.74) is 0. The maximum Gasteiger partial charge on any atom is 0.325 e. The number of carboxylic acid groups (broad SMARTS) is 1. The molecule has 0 aromatic heterocycles. The zero-order chi connectivity index (χ0) is 14.6. The van der Waals surface area contributed by atoms with Crippen molar-refractivity contribution < 1.29 is 19.5 Å². The summed E-state index contributed by atoms with van der Waals surface area (Å²) < 4.78 is 0. The average Bonchev–Trinajstić information content (AvgIpc) is 2.76. The zero-order valence-electron chi connectivity index (χ0n) is 11.5. The van der Waals surface area contributed by atoms with Gasteiger partial charge in [-0.15, -0.1) is 0 Å². The first-order chi connectivity index (χ1) is 8.82. The van der Waals surface area contributed by atoms with Gasteiger partial charge in [-0.2, -0.15) is 0 Å². The van der Waals surface area contributed by atoms with E-state index in [0.29, 0.717) is 13.0 Å². The molecule has 1 heterocycles. The van der Waals surface area contributed by atoms with Crippen molar-refractivity contribution in [2.24, 2.45) is 0 Å². The second-order valence-electron chi connectivity index (χ2n) is 5.02. The van der Waals surface area contributed by atoms with E-state index in [2.05, 4.69) is 10.6 Å². The molecule has 0 unspecified atom stereocenters. The van der Waals surface area contributed by atoms with Crippen LogP contribution in [0.2, 0.25) is 0 Å². The van der Waals surface area contributed by atoms with E-state index < -0.39 is 24.0 Å². The van der Waals surface area contributed by atoms with Crippen LogP contribution in [0, 0.1) is 0 Å². The third kappa shape index (κ3) is 4.11. The molecule has 108 valence electrons. The SMILES string of the molecule is CC(C)NC(=O)N1CCC[C@H]1C(=O)N[C@H](C)C(=O)O. The minimum Gasteiger partial charge on any atom is -0.480 e. The molecule has 7 heteroatoms. The van der Waals surface area contributed by atoms with E-state index in [1.54, 1.807) is 0 Å². The van der Waals surface area contributed by atoms with E-state index in [-0.39, 0.29) is 12.1 Å². The van der Waals surface area contributed by atoms with Crippen molar-refractivity contribution in [3.05, 3.63) is 0 Å². The Labute approximate surface area is 112 Å². The number of nitrogens with zero attached hydrogens (tertiary/aromatic N) is 1. The van der Waals surface area contributed by atoms with E-state index in [1.807, 2.05) is 13.8 Å². The van der Waals surface area contributed by atoms with Crippen LogP contribution in [0.15, 0.2) is 0 Å². The van der Waals surface area contributed by atoms with Crippen LogP contribution in [-0.2, 0) is 9.59 Å². The van der Waals surface area contributed by atoms with E-state index >= 15 is 0 Å². The Bertz CT molecular complexity index is 370. The van der Waals surface area contributed by atoms with Gasteiger partial charge in [-0.25, -0.2) is 4.79 Å². The number of carbonyl (C=O) groups excluding carboxylic acids is 2. The quantitative estimate of drug-likeness (QED) is 0.678. The van der Waals surface area contributed by atoms with Gasteiger partial charge < -0.3 is 20.6 Å². The molecule has 3 N–H and O–H groups in total. The largest absolute Gasteiger partial charge is 0.480 e. The van der Waals surface area contributed by atoms with Crippen LogP contribution in [0.1, 0.15) is 33.6 Å². The summed E-state index contributed by atoms with van der Waals surface area (Å²) in [6.45, 7) is 5.59. The van der Waals surface area contributed by atoms with Gasteiger partial charge in [0.15, 0.2) is 0 Å². The molecule has 19 heavy (non-hydrogen) atoms. The lowest BCUT2D eigenvalue weighted by molar-refractivity contribution is -0.141. The molecule has 1 aliphatic rings. The van der Waals surface area contributed by atoms with Crippen molar-refractivity contribution in [3.63, 3.8) is 0 Å². The summed E-state index contributed by atoms with van der Waals surface area (Å²) in [5, 5.41) is 13.9. The normalized spacial score (nSPS) is 20.2. The Morgan fingerprint density at radius 1 is 1.21 bits per heavy atom. The average molecular weight is 271 g/mol. The fourth-order valence-corrected chi connectivity index (χ4v) is 1.98. The number of carboxylic acids is 1. The van der Waals surface area contributed by atoms with Crippen molar-refractivity contribution in [1.82, 2.24) is 15.5 Å². The highest BCUT2D eigenvalue weighted by atomic mass is 16.4. The van der Waals surface area contributed by atoms with Crippen LogP contribution in [0.3, 0.4) is 0 Å². The van der Waals surface area contributed by atoms with Gasteiger partial charge in [-0.1, -0.05) is 0 Å². The Balaban J connectivity index is 2.63. The van der Waals surface area contributed by atoms with Crippen molar-refractivity contribution in [1.29, 1.82) is 0 Å². The first-order valence-corrected chi connectivity index (χ1v) is 6.43. The first-order valence-electron chi connectivity index (χ1n) is 6.43. The van der Waals surface area contributed by atoms with Gasteiger partial charge in [-0.3, -0.25) is 9.59 Å². The molecule has 7 nitrogen and oxygen atoms in total. The molecule has 0 aliphatic carbocycles. The molecule has 1 rings (SSSR count). The predicted octanol–water partition coefficient (Wildman–Crippen LogP) is 0.158. The molecular formula is C12H21N3O4. The van der Waals surface area contributed by atoms with Gasteiger partial charge in [-0.05, 0) is 33.6 Å². The summed E-state index contributed by atoms with van der Waals surface area (Å²) in [5.74, 6) is -1.50. The third-order valence-electron chi connectivity index (χ3n) is 2.96. The molecule has 2 atom stereocenters. The highest BCUT2D eigenvalue weighted by Crippen LogP contribution is 2.17. The van der Waals surface area contributed by atoms with Crippen LogP contribution >= 0.6 is 0 Å². The number of rotatable bonds is 4. The van der Waals surface area contributed by atoms with Gasteiger partial charge in [0.05, 0.1) is 0 Å². The molecule has 1 saturated heterocycles. The number of carbonyl (C=O) groups is 3. The van der Waals surface area contributed by atoms with E-state index in [9.17, 15) is 14.4 Å². The fraction of sp³-hybridized carbons (Fsp3) is 0.750. The summed E-state index contributed by atoms with van der Waals surface area (Å²) in [6, 6.07) is -1.82. The minimum absolute atomic E-state index is 0.00486. The van der Waals surface area contributed by atoms with Crippen LogP contribution < -0.4 is 10.6 Å². The van der Waals surface area contributed by atoms with E-state index in [1.165, 1.54) is 11.8 Å². The fourth-order valence-electron chi connectivity index (χ4n) is 1.98. The number of hydrogen-bond acceptors (Lipinski definition) is 3. The molecule has 0 bridgehead atoms. The Hall–Kier alpha value is -1.79. The zero-order valence-corrected chi connectivity index (χ0v) is 11.5. The van der Waals surface area contributed by atoms with Gasteiger partial charge >= 0.3 is 12.0 Å². The second kappa shape index (κ2) is 6.40. The number of amides is 3. The molecule has 0 radical (unpaired) electrons. The van der Waals surface area contributed by atoms with Crippen LogP contribution in [0.5, 0.6) is 0 Å². The summed E-state index contributed by atoms with van der Waals surface area (Å²) >= 11 is 0.